The van der Waals surface area contributed by atoms with Crippen molar-refractivity contribution >= 4 is 29.2 Å². The highest BCUT2D eigenvalue weighted by Crippen LogP contribution is 2.28. The van der Waals surface area contributed by atoms with Gasteiger partial charge in [-0.2, -0.15) is 0 Å². The maximum absolute atomic E-state index is 4.40. The average Bonchev–Trinajstić information content (AvgIpc) is 3.27. The lowest BCUT2D eigenvalue weighted by Gasteiger charge is -2.31. The molecule has 0 bridgehead atoms. The van der Waals surface area contributed by atoms with Gasteiger partial charge in [0.25, 0.3) is 0 Å². The van der Waals surface area contributed by atoms with Crippen molar-refractivity contribution in [3.8, 4) is 0 Å². The van der Waals surface area contributed by atoms with Gasteiger partial charge in [0.05, 0.1) is 5.69 Å². The summed E-state index contributed by atoms with van der Waals surface area (Å²) >= 11 is 1.87. The van der Waals surface area contributed by atoms with Crippen molar-refractivity contribution in [1.29, 1.82) is 0 Å². The Morgan fingerprint density at radius 2 is 1.71 bits per heavy atom. The number of rotatable bonds is 7. The lowest BCUT2D eigenvalue weighted by molar-refractivity contribution is 0.328. The second-order valence-electron chi connectivity index (χ2n) is 9.34. The predicted octanol–water partition coefficient (Wildman–Crippen LogP) is 4.88. The molecule has 2 aromatic carbocycles. The van der Waals surface area contributed by atoms with Crippen molar-refractivity contribution in [1.82, 2.24) is 15.8 Å². The highest BCUT2D eigenvalue weighted by Gasteiger charge is 2.23. The maximum atomic E-state index is 4.40. The van der Waals surface area contributed by atoms with E-state index in [0.717, 1.165) is 35.2 Å². The number of hydrogen-bond donors (Lipinski definition) is 4. The summed E-state index contributed by atoms with van der Waals surface area (Å²) in [6, 6.07) is 19.3. The lowest BCUT2D eigenvalue weighted by atomic mass is 9.86. The summed E-state index contributed by atoms with van der Waals surface area (Å²) in [5.74, 6) is 1.61. The van der Waals surface area contributed by atoms with E-state index in [1.54, 1.807) is 0 Å². The fourth-order valence-corrected chi connectivity index (χ4v) is 4.69. The van der Waals surface area contributed by atoms with Gasteiger partial charge in [-0.1, -0.05) is 30.1 Å². The van der Waals surface area contributed by atoms with Gasteiger partial charge in [0.1, 0.15) is 0 Å². The topological polar surface area (TPSA) is 63.7 Å². The Morgan fingerprint density at radius 3 is 2.39 bits per heavy atom. The van der Waals surface area contributed by atoms with Crippen LogP contribution in [-0.4, -0.2) is 23.2 Å². The van der Waals surface area contributed by atoms with E-state index in [1.165, 1.54) is 25.7 Å². The quantitative estimate of drug-likeness (QED) is 0.462. The maximum Gasteiger partial charge on any atom is 0.177 e. The summed E-state index contributed by atoms with van der Waals surface area (Å²) in [7, 11) is 0. The Labute approximate surface area is 190 Å². The zero-order valence-electron chi connectivity index (χ0n) is 18.7. The highest BCUT2D eigenvalue weighted by atomic mass is 32.2. The van der Waals surface area contributed by atoms with Crippen molar-refractivity contribution in [3.63, 3.8) is 0 Å². The van der Waals surface area contributed by atoms with Crippen molar-refractivity contribution in [2.24, 2.45) is 11.0 Å². The molecule has 1 aliphatic heterocycles. The van der Waals surface area contributed by atoms with Crippen molar-refractivity contribution < 1.29 is 0 Å². The number of nitrogens with one attached hydrogen (secondary N) is 4. The molecule has 4 rings (SSSR count). The van der Waals surface area contributed by atoms with Crippen LogP contribution in [0.1, 0.15) is 52.0 Å². The zero-order chi connectivity index (χ0) is 21.7. The van der Waals surface area contributed by atoms with Crippen molar-refractivity contribution in [2.75, 3.05) is 16.9 Å². The van der Waals surface area contributed by atoms with Crippen LogP contribution < -0.4 is 26.1 Å². The first-order valence-electron chi connectivity index (χ1n) is 11.2. The number of amidine groups is 1. The van der Waals surface area contributed by atoms with Crippen LogP contribution >= 0.6 is 11.9 Å². The third-order valence-corrected chi connectivity index (χ3v) is 6.73. The lowest BCUT2D eigenvalue weighted by Crippen LogP contribution is -2.41. The summed E-state index contributed by atoms with van der Waals surface area (Å²) in [4.78, 5) is 0. The van der Waals surface area contributed by atoms with E-state index < -0.39 is 0 Å². The molecule has 1 heterocycles. The Morgan fingerprint density at radius 1 is 1.00 bits per heavy atom. The molecule has 0 unspecified atom stereocenters. The monoisotopic (exact) mass is 438 g/mol. The number of nitrogens with zero attached hydrogens (tertiary/aromatic N) is 2. The Balaban J connectivity index is 1.25. The van der Waals surface area contributed by atoms with E-state index in [2.05, 4.69) is 83.4 Å². The average molecular weight is 439 g/mol. The molecule has 1 fully saturated rings. The minimum atomic E-state index is 0.277. The van der Waals surface area contributed by atoms with Gasteiger partial charge in [-0.05, 0) is 88.8 Å². The standard InChI is InChI=1S/C24H34N6S/c1-24(2,3)31-27-21-13-9-18(10-14-21)17-25-20-15-11-19(12-16-20)23-26-28-29-30(23)22-7-5-4-6-8-22/h4-8,11-12,15-16,18,21,25,27-29H,9-10,13-14,17H2,1-3H3. The predicted molar refractivity (Wildman–Crippen MR) is 133 cm³/mol. The minimum Gasteiger partial charge on any atom is -0.385 e. The molecule has 6 nitrogen and oxygen atoms in total. The van der Waals surface area contributed by atoms with E-state index in [-0.39, 0.29) is 4.75 Å². The molecule has 7 heteroatoms. The van der Waals surface area contributed by atoms with E-state index in [0.29, 0.717) is 6.04 Å². The first-order valence-corrected chi connectivity index (χ1v) is 12.0. The van der Waals surface area contributed by atoms with Gasteiger partial charge in [-0.3, -0.25) is 4.72 Å². The number of hydrogen-bond acceptors (Lipinski definition) is 7. The highest BCUT2D eigenvalue weighted by molar-refractivity contribution is 7.98. The summed E-state index contributed by atoms with van der Waals surface area (Å²) in [5.41, 5.74) is 9.22. The van der Waals surface area contributed by atoms with Gasteiger partial charge < -0.3 is 5.32 Å². The molecule has 0 spiro atoms. The molecule has 2 aliphatic rings. The molecule has 0 saturated heterocycles. The molecule has 1 aliphatic carbocycles. The molecular formula is C24H34N6S. The molecule has 0 amide bonds. The third-order valence-electron chi connectivity index (χ3n) is 5.67. The summed E-state index contributed by atoms with van der Waals surface area (Å²) in [6.45, 7) is 7.82. The molecular weight excluding hydrogens is 404 g/mol. The molecule has 0 atom stereocenters. The number of hydrazone groups is 1. The van der Waals surface area contributed by atoms with E-state index in [4.69, 9.17) is 0 Å². The number of hydrazine groups is 2. The van der Waals surface area contributed by atoms with Crippen LogP contribution in [0.4, 0.5) is 11.4 Å². The zero-order valence-corrected chi connectivity index (χ0v) is 19.5. The molecule has 4 N–H and O–H groups in total. The number of anilines is 2. The van der Waals surface area contributed by atoms with Gasteiger partial charge in [-0.15, -0.1) is 10.6 Å². The first kappa shape index (κ1) is 22.0. The summed E-state index contributed by atoms with van der Waals surface area (Å²) in [5, 5.41) is 9.99. The van der Waals surface area contributed by atoms with Crippen LogP contribution in [0.15, 0.2) is 59.7 Å². The van der Waals surface area contributed by atoms with E-state index >= 15 is 0 Å². The summed E-state index contributed by atoms with van der Waals surface area (Å²) < 4.78 is 3.95. The molecule has 2 aromatic rings. The molecule has 1 saturated carbocycles. The largest absolute Gasteiger partial charge is 0.385 e. The fraction of sp³-hybridized carbons (Fsp3) is 0.458. The van der Waals surface area contributed by atoms with E-state index in [9.17, 15) is 0 Å². The third kappa shape index (κ3) is 6.15. The second kappa shape index (κ2) is 9.94. The number of benzene rings is 2. The SMILES string of the molecule is CC(C)(C)SNC1CCC(CNc2ccc(C3=NNNN3c3ccccc3)cc2)CC1. The van der Waals surface area contributed by atoms with Crippen LogP contribution in [0.5, 0.6) is 0 Å². The molecule has 31 heavy (non-hydrogen) atoms. The second-order valence-corrected chi connectivity index (χ2v) is 11.0. The van der Waals surface area contributed by atoms with Crippen molar-refractivity contribution in [3.05, 3.63) is 60.2 Å². The van der Waals surface area contributed by atoms with Crippen LogP contribution in [0, 0.1) is 5.92 Å². The number of para-hydroxylation sites is 1. The molecule has 166 valence electrons. The Kier molecular flexibility index (Phi) is 7.05. The van der Waals surface area contributed by atoms with Gasteiger partial charge >= 0.3 is 0 Å². The molecule has 0 aromatic heterocycles. The van der Waals surface area contributed by atoms with Crippen LogP contribution in [-0.2, 0) is 0 Å². The van der Waals surface area contributed by atoms with E-state index in [1.807, 2.05) is 35.2 Å². The van der Waals surface area contributed by atoms with Crippen LogP contribution in [0.25, 0.3) is 0 Å². The van der Waals surface area contributed by atoms with Crippen molar-refractivity contribution in [2.45, 2.75) is 57.2 Å². The van der Waals surface area contributed by atoms with Crippen LogP contribution in [0.3, 0.4) is 0 Å². The summed E-state index contributed by atoms with van der Waals surface area (Å²) in [6.07, 6.45) is 5.11. The minimum absolute atomic E-state index is 0.277. The Hall–Kier alpha value is -2.22. The smallest absolute Gasteiger partial charge is 0.177 e. The fourth-order valence-electron chi connectivity index (χ4n) is 3.93. The van der Waals surface area contributed by atoms with Gasteiger partial charge in [0.15, 0.2) is 5.84 Å². The van der Waals surface area contributed by atoms with Gasteiger partial charge in [0.2, 0.25) is 0 Å². The normalized spacial score (nSPS) is 21.5. The Bertz CT molecular complexity index is 854. The van der Waals surface area contributed by atoms with Gasteiger partial charge in [0, 0.05) is 28.6 Å². The van der Waals surface area contributed by atoms with Crippen LogP contribution in [0.2, 0.25) is 0 Å². The first-order chi connectivity index (χ1) is 15.0. The van der Waals surface area contributed by atoms with Gasteiger partial charge in [-0.25, -0.2) is 10.5 Å². The molecule has 0 radical (unpaired) electrons.